The Morgan fingerprint density at radius 2 is 1.78 bits per heavy atom. The topological polar surface area (TPSA) is 92.8 Å². The molecular weight excluding hydrogens is 629 g/mol. The average Bonchev–Trinajstić information content (AvgIpc) is 3.34. The zero-order valence-electron chi connectivity index (χ0n) is 21.6. The molecular formula is C31H22BrCl2N3O4. The van der Waals surface area contributed by atoms with E-state index < -0.39 is 11.9 Å². The fourth-order valence-corrected chi connectivity index (χ4v) is 4.95. The molecule has 1 aromatic heterocycles. The molecule has 5 aromatic rings. The summed E-state index contributed by atoms with van der Waals surface area (Å²) >= 11 is 15.9. The zero-order chi connectivity index (χ0) is 28.9. The van der Waals surface area contributed by atoms with Crippen LogP contribution in [0.3, 0.4) is 0 Å². The number of aromatic amines is 1. The van der Waals surface area contributed by atoms with Crippen molar-refractivity contribution < 1.29 is 19.1 Å². The summed E-state index contributed by atoms with van der Waals surface area (Å²) in [5.74, 6) is -0.110. The van der Waals surface area contributed by atoms with Crippen molar-refractivity contribution in [1.82, 2.24) is 10.4 Å². The second-order valence-corrected chi connectivity index (χ2v) is 10.5. The largest absolute Gasteiger partial charge is 0.494 e. The third kappa shape index (κ3) is 6.46. The van der Waals surface area contributed by atoms with Crippen molar-refractivity contribution in [3.63, 3.8) is 0 Å². The Balaban J connectivity index is 1.44. The lowest BCUT2D eigenvalue weighted by Crippen LogP contribution is -2.19. The minimum absolute atomic E-state index is 0.261. The molecule has 1 heterocycles. The van der Waals surface area contributed by atoms with E-state index in [0.29, 0.717) is 44.7 Å². The number of aromatic nitrogens is 1. The van der Waals surface area contributed by atoms with Gasteiger partial charge in [-0.25, -0.2) is 10.2 Å². The smallest absolute Gasteiger partial charge is 0.343 e. The number of carbonyl (C=O) groups is 2. The van der Waals surface area contributed by atoms with Crippen LogP contribution >= 0.6 is 39.1 Å². The minimum atomic E-state index is -0.559. The Morgan fingerprint density at radius 1 is 1.00 bits per heavy atom. The van der Waals surface area contributed by atoms with Crippen molar-refractivity contribution in [2.75, 3.05) is 6.61 Å². The number of hydrogen-bond donors (Lipinski definition) is 2. The van der Waals surface area contributed by atoms with Crippen molar-refractivity contribution in [1.29, 1.82) is 0 Å². The van der Waals surface area contributed by atoms with Gasteiger partial charge in [0.15, 0.2) is 0 Å². The lowest BCUT2D eigenvalue weighted by atomic mass is 10.0. The molecule has 10 heteroatoms. The van der Waals surface area contributed by atoms with Crippen LogP contribution in [-0.4, -0.2) is 29.7 Å². The predicted octanol–water partition coefficient (Wildman–Crippen LogP) is 8.29. The Hall–Kier alpha value is -4.11. The Bertz CT molecular complexity index is 1780. The molecule has 0 saturated carbocycles. The highest BCUT2D eigenvalue weighted by molar-refractivity contribution is 9.10. The summed E-state index contributed by atoms with van der Waals surface area (Å²) in [6.07, 6.45) is 1.40. The van der Waals surface area contributed by atoms with Crippen LogP contribution in [0, 0.1) is 0 Å². The number of nitrogens with zero attached hydrogens (tertiary/aromatic N) is 1. The Kier molecular flexibility index (Phi) is 8.73. The Labute approximate surface area is 254 Å². The molecule has 41 heavy (non-hydrogen) atoms. The number of fused-ring (bicyclic) bond motifs is 1. The van der Waals surface area contributed by atoms with Crippen LogP contribution in [0.15, 0.2) is 94.5 Å². The fourth-order valence-electron chi connectivity index (χ4n) is 4.22. The van der Waals surface area contributed by atoms with Crippen molar-refractivity contribution in [3.05, 3.63) is 116 Å². The number of hydrazone groups is 1. The van der Waals surface area contributed by atoms with Gasteiger partial charge in [-0.05, 0) is 73.7 Å². The number of halogens is 3. The summed E-state index contributed by atoms with van der Waals surface area (Å²) in [6, 6.07) is 24.3. The van der Waals surface area contributed by atoms with Gasteiger partial charge in [0.05, 0.1) is 18.4 Å². The summed E-state index contributed by atoms with van der Waals surface area (Å²) in [5, 5.41) is 5.94. The lowest BCUT2D eigenvalue weighted by Gasteiger charge is -2.09. The van der Waals surface area contributed by atoms with E-state index in [1.807, 2.05) is 43.3 Å². The maximum atomic E-state index is 13.4. The van der Waals surface area contributed by atoms with E-state index in [9.17, 15) is 9.59 Å². The maximum Gasteiger partial charge on any atom is 0.343 e. The van der Waals surface area contributed by atoms with Gasteiger partial charge in [-0.1, -0.05) is 57.3 Å². The van der Waals surface area contributed by atoms with Crippen LogP contribution in [0.5, 0.6) is 11.5 Å². The summed E-state index contributed by atoms with van der Waals surface area (Å²) in [6.45, 7) is 2.41. The summed E-state index contributed by atoms with van der Waals surface area (Å²) in [4.78, 5) is 29.3. The van der Waals surface area contributed by atoms with Gasteiger partial charge < -0.3 is 14.5 Å². The van der Waals surface area contributed by atoms with Gasteiger partial charge in [0, 0.05) is 42.1 Å². The lowest BCUT2D eigenvalue weighted by molar-refractivity contribution is 0.0734. The van der Waals surface area contributed by atoms with Crippen molar-refractivity contribution in [2.45, 2.75) is 6.92 Å². The molecule has 0 aliphatic rings. The first-order valence-electron chi connectivity index (χ1n) is 12.5. The number of benzene rings is 4. The molecule has 0 spiro atoms. The molecule has 2 N–H and O–H groups in total. The van der Waals surface area contributed by atoms with Crippen molar-refractivity contribution >= 4 is 68.1 Å². The number of amides is 1. The second kappa shape index (κ2) is 12.6. The highest BCUT2D eigenvalue weighted by Gasteiger charge is 2.21. The minimum Gasteiger partial charge on any atom is -0.494 e. The molecule has 5 rings (SSSR count). The Morgan fingerprint density at radius 3 is 2.54 bits per heavy atom. The highest BCUT2D eigenvalue weighted by atomic mass is 79.9. The molecule has 0 aliphatic heterocycles. The first-order valence-corrected chi connectivity index (χ1v) is 14.0. The number of rotatable bonds is 8. The van der Waals surface area contributed by atoms with Gasteiger partial charge in [0.1, 0.15) is 17.2 Å². The van der Waals surface area contributed by atoms with E-state index in [0.717, 1.165) is 15.4 Å². The number of carbonyl (C=O) groups excluding carboxylic acids is 2. The van der Waals surface area contributed by atoms with Gasteiger partial charge in [0.25, 0.3) is 5.91 Å². The van der Waals surface area contributed by atoms with E-state index in [-0.39, 0.29) is 11.4 Å². The van der Waals surface area contributed by atoms with Gasteiger partial charge in [-0.15, -0.1) is 0 Å². The van der Waals surface area contributed by atoms with E-state index >= 15 is 0 Å². The van der Waals surface area contributed by atoms with E-state index in [1.54, 1.807) is 48.5 Å². The molecule has 0 radical (unpaired) electrons. The van der Waals surface area contributed by atoms with Gasteiger partial charge in [-0.3, -0.25) is 4.79 Å². The quantitative estimate of drug-likeness (QED) is 0.0765. The molecule has 4 aromatic carbocycles. The van der Waals surface area contributed by atoms with E-state index in [1.165, 1.54) is 6.21 Å². The van der Waals surface area contributed by atoms with Crippen LogP contribution < -0.4 is 14.9 Å². The van der Waals surface area contributed by atoms with E-state index in [4.69, 9.17) is 32.7 Å². The molecule has 0 bridgehead atoms. The number of H-pyrrole nitrogens is 1. The number of ether oxygens (including phenoxy) is 2. The van der Waals surface area contributed by atoms with Crippen LogP contribution in [0.2, 0.25) is 10.0 Å². The monoisotopic (exact) mass is 649 g/mol. The van der Waals surface area contributed by atoms with Crippen molar-refractivity contribution in [2.24, 2.45) is 5.10 Å². The average molecular weight is 651 g/mol. The SMILES string of the molecule is CCOc1ccc2[nH]c(C(=O)NN=Cc3cc(Br)ccc3OC(=O)c3ccc(Cl)cc3)c(-c3ccccc3Cl)c2c1. The molecule has 0 atom stereocenters. The molecule has 0 unspecified atom stereocenters. The third-order valence-electron chi connectivity index (χ3n) is 6.08. The number of esters is 1. The van der Waals surface area contributed by atoms with Gasteiger partial charge in [-0.2, -0.15) is 5.10 Å². The first kappa shape index (κ1) is 28.4. The normalized spacial score (nSPS) is 11.1. The molecule has 206 valence electrons. The van der Waals surface area contributed by atoms with Crippen LogP contribution in [-0.2, 0) is 0 Å². The molecule has 7 nitrogen and oxygen atoms in total. The molecule has 1 amide bonds. The van der Waals surface area contributed by atoms with Crippen LogP contribution in [0.1, 0.15) is 33.3 Å². The number of hydrogen-bond acceptors (Lipinski definition) is 5. The standard InChI is InChI=1S/C31H22BrCl2N3O4/c1-2-40-22-12-13-26-24(16-22)28(23-5-3-4-6-25(23)34)29(36-26)30(38)37-35-17-19-15-20(32)9-14-27(19)41-31(39)18-7-10-21(33)11-8-18/h3-17,36H,2H2,1H3,(H,37,38). The van der Waals surface area contributed by atoms with Crippen LogP contribution in [0.4, 0.5) is 0 Å². The second-order valence-electron chi connectivity index (χ2n) is 8.77. The van der Waals surface area contributed by atoms with Crippen molar-refractivity contribution in [3.8, 4) is 22.6 Å². The summed E-state index contributed by atoms with van der Waals surface area (Å²) in [7, 11) is 0. The highest BCUT2D eigenvalue weighted by Crippen LogP contribution is 2.38. The molecule has 0 aliphatic carbocycles. The zero-order valence-corrected chi connectivity index (χ0v) is 24.7. The molecule has 0 saturated heterocycles. The van der Waals surface area contributed by atoms with Gasteiger partial charge in [0.2, 0.25) is 0 Å². The number of nitrogens with one attached hydrogen (secondary N) is 2. The molecule has 0 fully saturated rings. The first-order chi connectivity index (χ1) is 19.8. The maximum absolute atomic E-state index is 13.4. The summed E-state index contributed by atoms with van der Waals surface area (Å²) < 4.78 is 12.0. The van der Waals surface area contributed by atoms with Crippen LogP contribution in [0.25, 0.3) is 22.0 Å². The predicted molar refractivity (Wildman–Crippen MR) is 166 cm³/mol. The third-order valence-corrected chi connectivity index (χ3v) is 7.15. The van der Waals surface area contributed by atoms with E-state index in [2.05, 4.69) is 31.4 Å². The fraction of sp³-hybridized carbons (Fsp3) is 0.0645. The van der Waals surface area contributed by atoms with Gasteiger partial charge >= 0.3 is 5.97 Å². The summed E-state index contributed by atoms with van der Waals surface area (Å²) in [5.41, 5.74) is 5.70.